The average molecular weight is 509 g/mol. The molecule has 0 unspecified atom stereocenters. The fraction of sp³-hybridized carbons (Fsp3) is 0.240. The zero-order valence-corrected chi connectivity index (χ0v) is 19.8. The van der Waals surface area contributed by atoms with Crippen molar-refractivity contribution in [2.45, 2.75) is 25.7 Å². The first-order valence-corrected chi connectivity index (χ1v) is 12.4. The van der Waals surface area contributed by atoms with Gasteiger partial charge < -0.3 is 14.6 Å². The minimum atomic E-state index is -0.930. The van der Waals surface area contributed by atoms with E-state index in [0.29, 0.717) is 24.6 Å². The zero-order valence-electron chi connectivity index (χ0n) is 19.0. The van der Waals surface area contributed by atoms with E-state index in [1.807, 2.05) is 5.38 Å². The monoisotopic (exact) mass is 508 g/mol. The van der Waals surface area contributed by atoms with Crippen molar-refractivity contribution in [1.82, 2.24) is 19.9 Å². The summed E-state index contributed by atoms with van der Waals surface area (Å²) in [6.07, 6.45) is 8.00. The Bertz CT molecular complexity index is 1470. The summed E-state index contributed by atoms with van der Waals surface area (Å²) in [6, 6.07) is 3.29. The summed E-state index contributed by atoms with van der Waals surface area (Å²) in [6.45, 7) is 1.49. The summed E-state index contributed by atoms with van der Waals surface area (Å²) in [4.78, 5) is 32.8. The maximum atomic E-state index is 14.0. The molecule has 4 aromatic rings. The summed E-state index contributed by atoms with van der Waals surface area (Å²) in [5, 5.41) is 5.30. The second-order valence-corrected chi connectivity index (χ2v) is 9.40. The van der Waals surface area contributed by atoms with Crippen molar-refractivity contribution in [3.05, 3.63) is 76.4 Å². The van der Waals surface area contributed by atoms with Gasteiger partial charge in [0.05, 0.1) is 23.8 Å². The molecule has 0 atom stereocenters. The minimum Gasteiger partial charge on any atom is -0.443 e. The largest absolute Gasteiger partial charge is 0.443 e. The van der Waals surface area contributed by atoms with Gasteiger partial charge in [-0.2, -0.15) is 0 Å². The molecule has 1 aromatic carbocycles. The highest BCUT2D eigenvalue weighted by molar-refractivity contribution is 7.14. The number of halogens is 2. The van der Waals surface area contributed by atoms with Crippen LogP contribution < -0.4 is 10.2 Å². The summed E-state index contributed by atoms with van der Waals surface area (Å²) < 4.78 is 33.4. The molecule has 184 valence electrons. The van der Waals surface area contributed by atoms with Gasteiger partial charge in [0.15, 0.2) is 10.9 Å². The number of aromatic nitrogens is 4. The predicted molar refractivity (Wildman–Crippen MR) is 133 cm³/mol. The Morgan fingerprint density at radius 2 is 2.00 bits per heavy atom. The van der Waals surface area contributed by atoms with Crippen LogP contribution in [-0.4, -0.2) is 38.9 Å². The van der Waals surface area contributed by atoms with E-state index in [9.17, 15) is 13.6 Å². The van der Waals surface area contributed by atoms with Crippen LogP contribution in [0, 0.1) is 11.6 Å². The number of nitrogens with one attached hydrogen (secondary N) is 1. The van der Waals surface area contributed by atoms with Crippen LogP contribution in [-0.2, 0) is 6.42 Å². The van der Waals surface area contributed by atoms with Gasteiger partial charge in [-0.1, -0.05) is 11.6 Å². The standard InChI is InChI=1S/C25H20F2N6O2S.H2/c26-16-4-2-5-17(27)21(16)23(34)32-20-11-29-22-15-12-33(9-7-14(15)3-1-6-18(22)30-20)25-31-19(13-36-25)24-28-8-10-35-24;/h2,4-5,8,10-11,13H,1,3,6-7,9,12H2,(H,30,32,34);1H. The lowest BCUT2D eigenvalue weighted by Crippen LogP contribution is -2.31. The van der Waals surface area contributed by atoms with E-state index in [2.05, 4.69) is 25.2 Å². The molecule has 1 aliphatic carbocycles. The Morgan fingerprint density at radius 3 is 2.81 bits per heavy atom. The fourth-order valence-corrected chi connectivity index (χ4v) is 5.45. The van der Waals surface area contributed by atoms with Crippen LogP contribution in [0.1, 0.15) is 42.4 Å². The maximum absolute atomic E-state index is 14.0. The Morgan fingerprint density at radius 1 is 1.14 bits per heavy atom. The molecule has 0 bridgehead atoms. The topological polar surface area (TPSA) is 97.0 Å². The second-order valence-electron chi connectivity index (χ2n) is 8.56. The van der Waals surface area contributed by atoms with Gasteiger partial charge in [-0.25, -0.2) is 23.7 Å². The van der Waals surface area contributed by atoms with E-state index in [4.69, 9.17) is 9.40 Å². The smallest absolute Gasteiger partial charge is 0.262 e. The molecule has 8 nitrogen and oxygen atoms in total. The minimum absolute atomic E-state index is 0. The number of carbonyl (C=O) groups excluding carboxylic acids is 1. The molecule has 4 heterocycles. The van der Waals surface area contributed by atoms with Crippen LogP contribution in [0.3, 0.4) is 0 Å². The number of thiazole rings is 1. The van der Waals surface area contributed by atoms with Crippen molar-refractivity contribution < 1.29 is 19.4 Å². The van der Waals surface area contributed by atoms with Gasteiger partial charge >= 0.3 is 0 Å². The number of amides is 1. The van der Waals surface area contributed by atoms with Crippen LogP contribution >= 0.6 is 11.3 Å². The van der Waals surface area contributed by atoms with Gasteiger partial charge in [0.2, 0.25) is 5.89 Å². The number of hydrogen-bond acceptors (Lipinski definition) is 8. The molecular weight excluding hydrogens is 486 g/mol. The first kappa shape index (κ1) is 22.5. The molecule has 1 aliphatic heterocycles. The number of aryl methyl sites for hydroxylation is 1. The Hall–Kier alpha value is -3.99. The maximum Gasteiger partial charge on any atom is 0.262 e. The van der Waals surface area contributed by atoms with E-state index in [1.54, 1.807) is 6.20 Å². The van der Waals surface area contributed by atoms with Gasteiger partial charge in [-0.05, 0) is 43.4 Å². The first-order valence-electron chi connectivity index (χ1n) is 11.5. The number of benzene rings is 1. The van der Waals surface area contributed by atoms with Crippen molar-refractivity contribution in [3.8, 4) is 11.6 Å². The quantitative estimate of drug-likeness (QED) is 0.396. The van der Waals surface area contributed by atoms with Crippen molar-refractivity contribution in [2.75, 3.05) is 23.3 Å². The number of carbonyl (C=O) groups is 1. The van der Waals surface area contributed by atoms with Crippen LogP contribution in [0.5, 0.6) is 0 Å². The lowest BCUT2D eigenvalue weighted by Gasteiger charge is -2.30. The predicted octanol–water partition coefficient (Wildman–Crippen LogP) is 5.36. The number of fused-ring (bicyclic) bond motifs is 2. The van der Waals surface area contributed by atoms with Crippen molar-refractivity contribution in [2.24, 2.45) is 0 Å². The molecule has 0 saturated heterocycles. The lowest BCUT2D eigenvalue weighted by molar-refractivity contribution is 0.101. The van der Waals surface area contributed by atoms with Crippen molar-refractivity contribution in [1.29, 1.82) is 0 Å². The van der Waals surface area contributed by atoms with E-state index in [-0.39, 0.29) is 7.24 Å². The Labute approximate surface area is 210 Å². The summed E-state index contributed by atoms with van der Waals surface area (Å²) in [7, 11) is 0. The third-order valence-electron chi connectivity index (χ3n) is 6.33. The van der Waals surface area contributed by atoms with Gasteiger partial charge in [0, 0.05) is 19.9 Å². The molecule has 1 amide bonds. The fourth-order valence-electron chi connectivity index (χ4n) is 4.62. The average Bonchev–Trinajstić information content (AvgIpc) is 3.54. The second kappa shape index (κ2) is 9.23. The van der Waals surface area contributed by atoms with Gasteiger partial charge in [-0.15, -0.1) is 11.3 Å². The third kappa shape index (κ3) is 4.15. The molecule has 1 N–H and O–H groups in total. The van der Waals surface area contributed by atoms with E-state index >= 15 is 0 Å². The van der Waals surface area contributed by atoms with Crippen molar-refractivity contribution in [3.63, 3.8) is 0 Å². The van der Waals surface area contributed by atoms with E-state index < -0.39 is 23.1 Å². The molecule has 0 saturated carbocycles. The molecule has 6 rings (SSSR count). The number of oxazole rings is 1. The number of hydrogen-bond donors (Lipinski definition) is 1. The first-order chi connectivity index (χ1) is 17.6. The van der Waals surface area contributed by atoms with Gasteiger partial charge in [0.1, 0.15) is 29.2 Å². The van der Waals surface area contributed by atoms with Crippen molar-refractivity contribution >= 4 is 33.8 Å². The highest BCUT2D eigenvalue weighted by atomic mass is 32.1. The Kier molecular flexibility index (Phi) is 5.76. The molecule has 0 spiro atoms. The molecule has 0 radical (unpaired) electrons. The summed E-state index contributed by atoms with van der Waals surface area (Å²) in [5.74, 6) is -2.11. The SMILES string of the molecule is O=C(Nc1cnc2c(n1)CCCC1=C2CN(c2nc(-c3ncco3)cs2)CC1)c1c(F)cccc1F.[HH]. The summed E-state index contributed by atoms with van der Waals surface area (Å²) >= 11 is 1.54. The van der Waals surface area contributed by atoms with E-state index in [1.165, 1.54) is 35.4 Å². The van der Waals surface area contributed by atoms with Crippen LogP contribution in [0.4, 0.5) is 19.7 Å². The molecule has 11 heteroatoms. The number of nitrogens with zero attached hydrogens (tertiary/aromatic N) is 5. The van der Waals surface area contributed by atoms with Gasteiger partial charge in [0.25, 0.3) is 5.91 Å². The van der Waals surface area contributed by atoms with E-state index in [0.717, 1.165) is 60.0 Å². The summed E-state index contributed by atoms with van der Waals surface area (Å²) in [5.41, 5.74) is 4.09. The molecule has 0 fully saturated rings. The zero-order chi connectivity index (χ0) is 24.6. The highest BCUT2D eigenvalue weighted by Crippen LogP contribution is 2.37. The van der Waals surface area contributed by atoms with Crippen LogP contribution in [0.25, 0.3) is 17.2 Å². The third-order valence-corrected chi connectivity index (χ3v) is 7.23. The molecule has 36 heavy (non-hydrogen) atoms. The molecule has 3 aromatic heterocycles. The van der Waals surface area contributed by atoms with Crippen LogP contribution in [0.2, 0.25) is 0 Å². The van der Waals surface area contributed by atoms with Gasteiger partial charge in [-0.3, -0.25) is 9.78 Å². The highest BCUT2D eigenvalue weighted by Gasteiger charge is 2.28. The molecule has 2 aliphatic rings. The lowest BCUT2D eigenvalue weighted by atomic mass is 9.96. The normalized spacial score (nSPS) is 15.3. The molecular formula is C25H22F2N6O2S. The Balaban J connectivity index is 0.00000280. The number of anilines is 2. The number of rotatable bonds is 4. The van der Waals surface area contributed by atoms with Crippen LogP contribution in [0.15, 0.2) is 52.2 Å².